The number of amides is 1. The summed E-state index contributed by atoms with van der Waals surface area (Å²) in [5.41, 5.74) is 0.940. The molecule has 8 nitrogen and oxygen atoms in total. The van der Waals surface area contributed by atoms with Crippen LogP contribution in [0, 0.1) is 0 Å². The largest absolute Gasteiger partial charge is 0.485 e. The van der Waals surface area contributed by atoms with Gasteiger partial charge in [0.2, 0.25) is 0 Å². The molecule has 0 bridgehead atoms. The van der Waals surface area contributed by atoms with Crippen molar-refractivity contribution in [2.24, 2.45) is 0 Å². The van der Waals surface area contributed by atoms with E-state index < -0.39 is 29.2 Å². The molecule has 0 radical (unpaired) electrons. The molecule has 11 heteroatoms. The minimum atomic E-state index is -2.32. The van der Waals surface area contributed by atoms with Gasteiger partial charge in [-0.25, -0.2) is 13.7 Å². The summed E-state index contributed by atoms with van der Waals surface area (Å²) < 4.78 is 32.3. The summed E-state index contributed by atoms with van der Waals surface area (Å²) in [6.07, 6.45) is 0.767. The number of fused-ring (bicyclic) bond motifs is 1. The van der Waals surface area contributed by atoms with E-state index in [-0.39, 0.29) is 5.88 Å². The molecule has 0 spiro atoms. The first-order valence-electron chi connectivity index (χ1n) is 9.00. The highest BCUT2D eigenvalue weighted by atomic mass is 32.5. The van der Waals surface area contributed by atoms with Crippen LogP contribution < -0.4 is 14.4 Å². The third-order valence-corrected chi connectivity index (χ3v) is 8.47. The Bertz CT molecular complexity index is 809. The summed E-state index contributed by atoms with van der Waals surface area (Å²) in [4.78, 5) is 12.9. The van der Waals surface area contributed by atoms with Crippen LogP contribution in [-0.4, -0.2) is 52.8 Å². The fraction of sp³-hybridized carbons (Fsp3) is 0.588. The number of carboxylic acid groups (broad SMARTS) is 1. The van der Waals surface area contributed by atoms with Crippen LogP contribution in [0.25, 0.3) is 0 Å². The van der Waals surface area contributed by atoms with Crippen molar-refractivity contribution in [3.05, 3.63) is 23.8 Å². The Balaban J connectivity index is 1.63. The lowest BCUT2D eigenvalue weighted by molar-refractivity contribution is 0.138. The van der Waals surface area contributed by atoms with Gasteiger partial charge in [-0.1, -0.05) is 12.1 Å². The van der Waals surface area contributed by atoms with Gasteiger partial charge in [0.05, 0.1) is 18.9 Å². The third-order valence-electron chi connectivity index (χ3n) is 4.35. The number of benzene rings is 1. The number of anilines is 1. The molecule has 1 amide bonds. The highest BCUT2D eigenvalue weighted by Crippen LogP contribution is 2.50. The summed E-state index contributed by atoms with van der Waals surface area (Å²) >= 11 is 5.39. The number of ether oxygens (including phenoxy) is 1. The Morgan fingerprint density at radius 2 is 2.11 bits per heavy atom. The predicted octanol–water partition coefficient (Wildman–Crippen LogP) is 2.84. The summed E-state index contributed by atoms with van der Waals surface area (Å²) in [7, 11) is -1.61. The zero-order valence-corrected chi connectivity index (χ0v) is 18.4. The van der Waals surface area contributed by atoms with E-state index in [0.29, 0.717) is 43.8 Å². The minimum absolute atomic E-state index is 0.222. The topological polar surface area (TPSA) is 97.3 Å². The van der Waals surface area contributed by atoms with Crippen LogP contribution in [0.3, 0.4) is 0 Å². The molecule has 0 aromatic heterocycles. The maximum Gasteiger partial charge on any atom is 0.412 e. The van der Waals surface area contributed by atoms with Gasteiger partial charge in [-0.05, 0) is 38.1 Å². The van der Waals surface area contributed by atoms with Crippen molar-refractivity contribution in [2.45, 2.75) is 32.3 Å². The van der Waals surface area contributed by atoms with Gasteiger partial charge in [-0.15, -0.1) is 0 Å². The van der Waals surface area contributed by atoms with Crippen molar-refractivity contribution in [1.29, 1.82) is 0 Å². The molecule has 2 aliphatic heterocycles. The number of nitrogens with one attached hydrogen (secondary N) is 1. The molecular formula is C17H25N2O6PS2. The van der Waals surface area contributed by atoms with Gasteiger partial charge in [-0.2, -0.15) is 0 Å². The highest BCUT2D eigenvalue weighted by molar-refractivity contribution is 8.09. The Hall–Kier alpha value is -1.03. The number of hydrogen-bond acceptors (Lipinski definition) is 6. The van der Waals surface area contributed by atoms with E-state index in [1.54, 1.807) is 12.1 Å². The van der Waals surface area contributed by atoms with E-state index in [1.165, 1.54) is 0 Å². The van der Waals surface area contributed by atoms with Crippen molar-refractivity contribution < 1.29 is 27.9 Å². The van der Waals surface area contributed by atoms with Gasteiger partial charge in [0.1, 0.15) is 28.2 Å². The molecule has 1 unspecified atom stereocenters. The molecule has 156 valence electrons. The van der Waals surface area contributed by atoms with Crippen LogP contribution in [0.4, 0.5) is 10.5 Å². The number of para-hydroxylation sites is 1. The van der Waals surface area contributed by atoms with Gasteiger partial charge < -0.3 is 18.9 Å². The standard InChI is InChI=1S/C17H25N2O6PS2/c1-17(2)11-13-5-3-6-14(15(13)25-17)19(16(20)21)12-28(22)18-7-10-26(27)23-8-4-9-24-26/h3,5-6,18H,4,7-12H2,1-2H3,(H,20,21). The zero-order chi connectivity index (χ0) is 20.4. The van der Waals surface area contributed by atoms with E-state index in [1.807, 2.05) is 19.9 Å². The lowest BCUT2D eigenvalue weighted by atomic mass is 10.0. The van der Waals surface area contributed by atoms with E-state index >= 15 is 0 Å². The second kappa shape index (κ2) is 8.77. The van der Waals surface area contributed by atoms with Crippen molar-refractivity contribution in [3.63, 3.8) is 0 Å². The van der Waals surface area contributed by atoms with Crippen LogP contribution in [0.5, 0.6) is 5.75 Å². The SMILES string of the molecule is CC1(C)Cc2cccc(N(CS(=O)NCCP3(=S)OCCCO3)C(=O)O)c2O1. The molecule has 1 fully saturated rings. The first-order valence-corrected chi connectivity index (χ1v) is 13.1. The molecule has 1 atom stereocenters. The highest BCUT2D eigenvalue weighted by Gasteiger charge is 2.34. The van der Waals surface area contributed by atoms with Crippen molar-refractivity contribution in [1.82, 2.24) is 4.72 Å². The lowest BCUT2D eigenvalue weighted by Gasteiger charge is -2.27. The van der Waals surface area contributed by atoms with E-state index in [4.69, 9.17) is 25.6 Å². The molecule has 1 aromatic rings. The van der Waals surface area contributed by atoms with Crippen LogP contribution in [0.1, 0.15) is 25.8 Å². The predicted molar refractivity (Wildman–Crippen MR) is 112 cm³/mol. The van der Waals surface area contributed by atoms with Crippen LogP contribution >= 0.6 is 6.49 Å². The van der Waals surface area contributed by atoms with Crippen LogP contribution in [0.2, 0.25) is 0 Å². The first-order chi connectivity index (χ1) is 13.2. The van der Waals surface area contributed by atoms with E-state index in [9.17, 15) is 14.1 Å². The van der Waals surface area contributed by atoms with Gasteiger partial charge in [0.25, 0.3) is 0 Å². The fourth-order valence-electron chi connectivity index (χ4n) is 3.13. The van der Waals surface area contributed by atoms with Crippen molar-refractivity contribution in [3.8, 4) is 5.75 Å². The number of hydrogen-bond donors (Lipinski definition) is 2. The number of rotatable bonds is 7. The average Bonchev–Trinajstić information content (AvgIpc) is 2.94. The molecule has 1 saturated heterocycles. The molecule has 2 heterocycles. The second-order valence-electron chi connectivity index (χ2n) is 7.24. The maximum absolute atomic E-state index is 12.5. The summed E-state index contributed by atoms with van der Waals surface area (Å²) in [5, 5.41) is 9.66. The summed E-state index contributed by atoms with van der Waals surface area (Å²) in [6.45, 7) is 3.08. The summed E-state index contributed by atoms with van der Waals surface area (Å²) in [5.74, 6) is 0.312. The summed E-state index contributed by atoms with van der Waals surface area (Å²) in [6, 6.07) is 5.37. The average molecular weight is 449 g/mol. The molecule has 2 N–H and O–H groups in total. The Morgan fingerprint density at radius 3 is 2.79 bits per heavy atom. The van der Waals surface area contributed by atoms with E-state index in [2.05, 4.69) is 4.72 Å². The number of carbonyl (C=O) groups is 1. The third kappa shape index (κ3) is 5.31. The van der Waals surface area contributed by atoms with Crippen molar-refractivity contribution >= 4 is 41.1 Å². The van der Waals surface area contributed by atoms with Crippen LogP contribution in [-0.2, 0) is 38.3 Å². The molecule has 1 aromatic carbocycles. The molecular weight excluding hydrogens is 423 g/mol. The minimum Gasteiger partial charge on any atom is -0.485 e. The van der Waals surface area contributed by atoms with Gasteiger partial charge in [-0.3, -0.25) is 4.90 Å². The molecule has 2 aliphatic rings. The smallest absolute Gasteiger partial charge is 0.412 e. The number of nitrogens with zero attached hydrogens (tertiary/aromatic N) is 1. The zero-order valence-electron chi connectivity index (χ0n) is 15.9. The Morgan fingerprint density at radius 1 is 1.39 bits per heavy atom. The molecule has 0 aliphatic carbocycles. The normalized spacial score (nSPS) is 20.8. The Kier molecular flexibility index (Phi) is 6.79. The van der Waals surface area contributed by atoms with Gasteiger partial charge in [0, 0.05) is 24.7 Å². The fourth-order valence-corrected chi connectivity index (χ4v) is 6.44. The monoisotopic (exact) mass is 448 g/mol. The van der Waals surface area contributed by atoms with Gasteiger partial charge >= 0.3 is 6.09 Å². The molecule has 0 saturated carbocycles. The molecule has 28 heavy (non-hydrogen) atoms. The lowest BCUT2D eigenvalue weighted by Crippen LogP contribution is -2.37. The maximum atomic E-state index is 12.5. The van der Waals surface area contributed by atoms with E-state index in [0.717, 1.165) is 16.9 Å². The quantitative estimate of drug-likeness (QED) is 0.619. The second-order valence-corrected chi connectivity index (χ2v) is 12.3. The Labute approximate surface area is 172 Å². The van der Waals surface area contributed by atoms with Crippen LogP contribution in [0.15, 0.2) is 18.2 Å². The first kappa shape index (κ1) is 21.7. The van der Waals surface area contributed by atoms with Gasteiger partial charge in [0.15, 0.2) is 6.49 Å². The van der Waals surface area contributed by atoms with Crippen molar-refractivity contribution in [2.75, 3.05) is 36.7 Å². The molecule has 3 rings (SSSR count).